The Kier molecular flexibility index (Phi) is 4.64. The van der Waals surface area contributed by atoms with Crippen LogP contribution in [0.1, 0.15) is 51.6 Å². The van der Waals surface area contributed by atoms with Crippen molar-refractivity contribution in [3.05, 3.63) is 39.9 Å². The molecule has 1 fully saturated rings. The van der Waals surface area contributed by atoms with Gasteiger partial charge in [0.15, 0.2) is 0 Å². The van der Waals surface area contributed by atoms with Crippen molar-refractivity contribution in [2.45, 2.75) is 57.7 Å². The number of nitrogens with two attached hydrogens (primary N) is 1. The van der Waals surface area contributed by atoms with Gasteiger partial charge in [0, 0.05) is 23.2 Å². The molecule has 1 heterocycles. The molecule has 1 aromatic rings. The molecule has 116 valence electrons. The van der Waals surface area contributed by atoms with Crippen LogP contribution in [0.3, 0.4) is 0 Å². The Labute approximate surface area is 126 Å². The van der Waals surface area contributed by atoms with Crippen LogP contribution in [0.4, 0.5) is 5.69 Å². The van der Waals surface area contributed by atoms with Gasteiger partial charge >= 0.3 is 0 Å². The van der Waals surface area contributed by atoms with Crippen LogP contribution in [-0.4, -0.2) is 27.9 Å². The molecule has 1 saturated heterocycles. The fraction of sp³-hybridized carbons (Fsp3) is 0.625. The van der Waals surface area contributed by atoms with Crippen molar-refractivity contribution in [1.82, 2.24) is 4.90 Å². The average molecular weight is 291 g/mol. The van der Waals surface area contributed by atoms with Gasteiger partial charge in [0.1, 0.15) is 0 Å². The van der Waals surface area contributed by atoms with Gasteiger partial charge in [-0.15, -0.1) is 0 Å². The molecule has 0 aromatic heterocycles. The molecule has 2 rings (SSSR count). The topological polar surface area (TPSA) is 72.4 Å². The molecule has 2 unspecified atom stereocenters. The third-order valence-corrected chi connectivity index (χ3v) is 4.24. The van der Waals surface area contributed by atoms with Gasteiger partial charge in [-0.1, -0.05) is 24.6 Å². The van der Waals surface area contributed by atoms with Crippen LogP contribution in [0.5, 0.6) is 0 Å². The third kappa shape index (κ3) is 3.41. The molecular weight excluding hydrogens is 266 g/mol. The van der Waals surface area contributed by atoms with Crippen LogP contribution in [0, 0.1) is 10.1 Å². The van der Waals surface area contributed by atoms with E-state index < -0.39 is 0 Å². The maximum absolute atomic E-state index is 11.4. The number of benzene rings is 1. The zero-order valence-electron chi connectivity index (χ0n) is 13.1. The molecule has 5 nitrogen and oxygen atoms in total. The van der Waals surface area contributed by atoms with Gasteiger partial charge in [0.25, 0.3) is 5.69 Å². The number of hydrogen-bond donors (Lipinski definition) is 1. The Morgan fingerprint density at radius 1 is 1.29 bits per heavy atom. The van der Waals surface area contributed by atoms with Crippen molar-refractivity contribution in [2.75, 3.05) is 6.54 Å². The number of likely N-dealkylation sites (tertiary alicyclic amines) is 1. The van der Waals surface area contributed by atoms with Crippen molar-refractivity contribution in [2.24, 2.45) is 5.73 Å². The summed E-state index contributed by atoms with van der Waals surface area (Å²) < 4.78 is 0. The molecule has 0 saturated carbocycles. The third-order valence-electron chi connectivity index (χ3n) is 4.24. The molecule has 2 N–H and O–H groups in total. The normalized spacial score (nSPS) is 24.6. The second-order valence-electron chi connectivity index (χ2n) is 6.78. The van der Waals surface area contributed by atoms with Gasteiger partial charge in [-0.25, -0.2) is 0 Å². The van der Waals surface area contributed by atoms with Crippen LogP contribution in [0.15, 0.2) is 24.3 Å². The molecular formula is C16H25N3O2. The number of rotatable bonds is 2. The van der Waals surface area contributed by atoms with E-state index in [-0.39, 0.29) is 28.2 Å². The molecule has 1 aliphatic rings. The van der Waals surface area contributed by atoms with Gasteiger partial charge in [-0.2, -0.15) is 0 Å². The summed E-state index contributed by atoms with van der Waals surface area (Å²) in [6, 6.07) is 6.83. The SMILES string of the molecule is CC(C)(C)N1CCCCC(N)C1c1ccccc1[N+](=O)[O-]. The van der Waals surface area contributed by atoms with E-state index in [4.69, 9.17) is 5.73 Å². The molecule has 0 bridgehead atoms. The number of nitro groups is 1. The van der Waals surface area contributed by atoms with E-state index >= 15 is 0 Å². The monoisotopic (exact) mass is 291 g/mol. The summed E-state index contributed by atoms with van der Waals surface area (Å²) in [5, 5.41) is 11.4. The summed E-state index contributed by atoms with van der Waals surface area (Å²) in [6.07, 6.45) is 3.07. The fourth-order valence-corrected chi connectivity index (χ4v) is 3.25. The van der Waals surface area contributed by atoms with Crippen LogP contribution < -0.4 is 5.73 Å². The maximum Gasteiger partial charge on any atom is 0.274 e. The van der Waals surface area contributed by atoms with Crippen molar-refractivity contribution in [1.29, 1.82) is 0 Å². The first-order chi connectivity index (χ1) is 9.82. The summed E-state index contributed by atoms with van der Waals surface area (Å²) in [7, 11) is 0. The standard InChI is InChI=1S/C16H25N3O2/c1-16(2,3)18-11-7-6-9-13(17)15(18)12-8-4-5-10-14(12)19(20)21/h4-5,8,10,13,15H,6-7,9,11,17H2,1-3H3. The molecule has 1 aromatic carbocycles. The van der Waals surface area contributed by atoms with Crippen LogP contribution in [-0.2, 0) is 0 Å². The van der Waals surface area contributed by atoms with E-state index in [1.807, 2.05) is 12.1 Å². The van der Waals surface area contributed by atoms with Crippen molar-refractivity contribution in [3.63, 3.8) is 0 Å². The molecule has 21 heavy (non-hydrogen) atoms. The predicted molar refractivity (Wildman–Crippen MR) is 84.1 cm³/mol. The van der Waals surface area contributed by atoms with E-state index in [1.165, 1.54) is 0 Å². The Morgan fingerprint density at radius 3 is 2.57 bits per heavy atom. The quantitative estimate of drug-likeness (QED) is 0.670. The highest BCUT2D eigenvalue weighted by Gasteiger charge is 2.38. The number of nitrogens with zero attached hydrogens (tertiary/aromatic N) is 2. The lowest BCUT2D eigenvalue weighted by Crippen LogP contribution is -2.49. The summed E-state index contributed by atoms with van der Waals surface area (Å²) in [5.74, 6) is 0. The molecule has 1 aliphatic heterocycles. The number of nitro benzene ring substituents is 1. The molecule has 0 radical (unpaired) electrons. The van der Waals surface area contributed by atoms with Crippen molar-refractivity contribution >= 4 is 5.69 Å². The summed E-state index contributed by atoms with van der Waals surface area (Å²) >= 11 is 0. The Hall–Kier alpha value is -1.46. The lowest BCUT2D eigenvalue weighted by molar-refractivity contribution is -0.386. The highest BCUT2D eigenvalue weighted by atomic mass is 16.6. The van der Waals surface area contributed by atoms with Crippen LogP contribution in [0.25, 0.3) is 0 Å². The minimum absolute atomic E-state index is 0.0731. The van der Waals surface area contributed by atoms with E-state index in [9.17, 15) is 10.1 Å². The van der Waals surface area contributed by atoms with Crippen LogP contribution >= 0.6 is 0 Å². The van der Waals surface area contributed by atoms with Gasteiger partial charge in [0.2, 0.25) is 0 Å². The maximum atomic E-state index is 11.4. The van der Waals surface area contributed by atoms with Crippen molar-refractivity contribution < 1.29 is 4.92 Å². The molecule has 0 amide bonds. The zero-order valence-corrected chi connectivity index (χ0v) is 13.1. The molecule has 2 atom stereocenters. The molecule has 0 aliphatic carbocycles. The number of para-hydroxylation sites is 1. The Bertz CT molecular complexity index is 510. The predicted octanol–water partition coefficient (Wildman–Crippen LogP) is 3.25. The lowest BCUT2D eigenvalue weighted by Gasteiger charge is -2.42. The first-order valence-corrected chi connectivity index (χ1v) is 7.58. The van der Waals surface area contributed by atoms with E-state index in [0.29, 0.717) is 0 Å². The first-order valence-electron chi connectivity index (χ1n) is 7.58. The second-order valence-corrected chi connectivity index (χ2v) is 6.78. The minimum Gasteiger partial charge on any atom is -0.326 e. The summed E-state index contributed by atoms with van der Waals surface area (Å²) in [5.41, 5.74) is 7.25. The van der Waals surface area contributed by atoms with E-state index in [2.05, 4.69) is 25.7 Å². The van der Waals surface area contributed by atoms with Gasteiger partial charge < -0.3 is 5.73 Å². The van der Waals surface area contributed by atoms with Gasteiger partial charge in [-0.3, -0.25) is 15.0 Å². The Morgan fingerprint density at radius 2 is 1.95 bits per heavy atom. The van der Waals surface area contributed by atoms with E-state index in [1.54, 1.807) is 12.1 Å². The summed E-state index contributed by atoms with van der Waals surface area (Å²) in [4.78, 5) is 13.4. The van der Waals surface area contributed by atoms with Gasteiger partial charge in [0.05, 0.1) is 11.0 Å². The Balaban J connectivity index is 2.52. The average Bonchev–Trinajstić information content (AvgIpc) is 2.60. The first kappa shape index (κ1) is 15.9. The zero-order chi connectivity index (χ0) is 15.6. The van der Waals surface area contributed by atoms with Gasteiger partial charge in [-0.05, 0) is 40.2 Å². The largest absolute Gasteiger partial charge is 0.326 e. The lowest BCUT2D eigenvalue weighted by atomic mass is 9.91. The molecule has 5 heteroatoms. The summed E-state index contributed by atoms with van der Waals surface area (Å²) in [6.45, 7) is 7.36. The van der Waals surface area contributed by atoms with Crippen molar-refractivity contribution in [3.8, 4) is 0 Å². The highest BCUT2D eigenvalue weighted by molar-refractivity contribution is 5.43. The highest BCUT2D eigenvalue weighted by Crippen LogP contribution is 2.38. The second kappa shape index (κ2) is 6.12. The molecule has 0 spiro atoms. The minimum atomic E-state index is -0.298. The number of hydrogen-bond acceptors (Lipinski definition) is 4. The van der Waals surface area contributed by atoms with Crippen LogP contribution in [0.2, 0.25) is 0 Å². The van der Waals surface area contributed by atoms with E-state index in [0.717, 1.165) is 31.4 Å². The fourth-order valence-electron chi connectivity index (χ4n) is 3.25. The smallest absolute Gasteiger partial charge is 0.274 e.